The number of aromatic nitrogens is 1. The number of halogens is 1. The minimum Gasteiger partial charge on any atom is -0.394 e. The Hall–Kier alpha value is -1.78. The molecular weight excluding hydrogens is 279 g/mol. The highest BCUT2D eigenvalue weighted by Crippen LogP contribution is 2.30. The fraction of sp³-hybridized carbons (Fsp3) is 0.389. The summed E-state index contributed by atoms with van der Waals surface area (Å²) in [4.78, 5) is 3.97. The maximum atomic E-state index is 14.3. The van der Waals surface area contributed by atoms with Crippen molar-refractivity contribution in [2.24, 2.45) is 0 Å². The van der Waals surface area contributed by atoms with Crippen LogP contribution in [0.4, 0.5) is 4.39 Å². The number of aliphatic hydroxyl groups excluding tert-OH is 1. The molecule has 1 aromatic carbocycles. The van der Waals surface area contributed by atoms with Gasteiger partial charge in [-0.25, -0.2) is 4.39 Å². The summed E-state index contributed by atoms with van der Waals surface area (Å²) in [5.41, 5.74) is 2.21. The molecule has 0 unspecified atom stereocenters. The molecule has 2 aromatic rings. The van der Waals surface area contributed by atoms with E-state index in [0.29, 0.717) is 12.1 Å². The number of benzene rings is 1. The van der Waals surface area contributed by atoms with E-state index in [4.69, 9.17) is 0 Å². The van der Waals surface area contributed by atoms with Crippen molar-refractivity contribution in [1.29, 1.82) is 0 Å². The van der Waals surface area contributed by atoms with Gasteiger partial charge in [0.25, 0.3) is 0 Å². The molecule has 1 heterocycles. The molecule has 0 radical (unpaired) electrons. The van der Waals surface area contributed by atoms with Crippen LogP contribution < -0.4 is 5.32 Å². The summed E-state index contributed by atoms with van der Waals surface area (Å²) in [6.07, 6.45) is 7.57. The van der Waals surface area contributed by atoms with Gasteiger partial charge in [0.15, 0.2) is 0 Å². The summed E-state index contributed by atoms with van der Waals surface area (Å²) in [6, 6.07) is 9.04. The van der Waals surface area contributed by atoms with Gasteiger partial charge in [0, 0.05) is 30.0 Å². The summed E-state index contributed by atoms with van der Waals surface area (Å²) in [6.45, 7) is 0.562. The number of aliphatic hydroxyl groups is 1. The van der Waals surface area contributed by atoms with Gasteiger partial charge in [-0.05, 0) is 42.2 Å². The van der Waals surface area contributed by atoms with Crippen LogP contribution in [0.5, 0.6) is 0 Å². The van der Waals surface area contributed by atoms with Crippen LogP contribution in [0.2, 0.25) is 0 Å². The summed E-state index contributed by atoms with van der Waals surface area (Å²) in [7, 11) is 0. The van der Waals surface area contributed by atoms with Gasteiger partial charge in [-0.3, -0.25) is 4.98 Å². The molecule has 0 spiro atoms. The molecule has 0 atom stereocenters. The molecule has 3 nitrogen and oxygen atoms in total. The average Bonchev–Trinajstić information content (AvgIpc) is 3.04. The molecule has 0 aliphatic heterocycles. The van der Waals surface area contributed by atoms with Gasteiger partial charge in [-0.2, -0.15) is 0 Å². The van der Waals surface area contributed by atoms with Gasteiger partial charge in [-0.1, -0.05) is 25.0 Å². The average molecular weight is 300 g/mol. The molecule has 1 aromatic heterocycles. The Morgan fingerprint density at radius 2 is 1.82 bits per heavy atom. The highest BCUT2D eigenvalue weighted by molar-refractivity contribution is 5.63. The van der Waals surface area contributed by atoms with Crippen molar-refractivity contribution in [3.05, 3.63) is 54.1 Å². The Morgan fingerprint density at radius 3 is 2.45 bits per heavy atom. The van der Waals surface area contributed by atoms with Gasteiger partial charge in [0.05, 0.1) is 6.61 Å². The fourth-order valence-corrected chi connectivity index (χ4v) is 3.14. The number of hydrogen-bond acceptors (Lipinski definition) is 3. The predicted molar refractivity (Wildman–Crippen MR) is 84.8 cm³/mol. The van der Waals surface area contributed by atoms with E-state index >= 15 is 0 Å². The Bertz CT molecular complexity index is 624. The molecule has 4 heteroatoms. The zero-order valence-electron chi connectivity index (χ0n) is 12.6. The molecular formula is C18H21FN2O. The summed E-state index contributed by atoms with van der Waals surface area (Å²) < 4.78 is 14.3. The monoisotopic (exact) mass is 300 g/mol. The lowest BCUT2D eigenvalue weighted by molar-refractivity contribution is 0.162. The number of pyridine rings is 1. The van der Waals surface area contributed by atoms with Crippen LogP contribution >= 0.6 is 0 Å². The van der Waals surface area contributed by atoms with Crippen molar-refractivity contribution >= 4 is 0 Å². The predicted octanol–water partition coefficient (Wildman–Crippen LogP) is 3.28. The maximum absolute atomic E-state index is 14.3. The van der Waals surface area contributed by atoms with Crippen LogP contribution in [0.1, 0.15) is 31.2 Å². The van der Waals surface area contributed by atoms with Crippen molar-refractivity contribution < 1.29 is 9.50 Å². The van der Waals surface area contributed by atoms with Gasteiger partial charge in [-0.15, -0.1) is 0 Å². The Morgan fingerprint density at radius 1 is 1.09 bits per heavy atom. The van der Waals surface area contributed by atoms with E-state index in [1.165, 1.54) is 0 Å². The Balaban J connectivity index is 1.73. The Kier molecular flexibility index (Phi) is 4.50. The van der Waals surface area contributed by atoms with Crippen molar-refractivity contribution in [3.63, 3.8) is 0 Å². The zero-order valence-corrected chi connectivity index (χ0v) is 12.6. The second-order valence-corrected chi connectivity index (χ2v) is 6.04. The quantitative estimate of drug-likeness (QED) is 0.890. The molecule has 22 heavy (non-hydrogen) atoms. The lowest BCUT2D eigenvalue weighted by Crippen LogP contribution is -2.45. The molecule has 0 saturated heterocycles. The summed E-state index contributed by atoms with van der Waals surface area (Å²) in [5, 5.41) is 13.0. The van der Waals surface area contributed by atoms with E-state index in [9.17, 15) is 9.50 Å². The van der Waals surface area contributed by atoms with E-state index in [-0.39, 0.29) is 18.0 Å². The first kappa shape index (κ1) is 15.1. The third-order valence-corrected chi connectivity index (χ3v) is 4.58. The van der Waals surface area contributed by atoms with Gasteiger partial charge >= 0.3 is 0 Å². The molecule has 1 aliphatic rings. The minimum absolute atomic E-state index is 0.115. The van der Waals surface area contributed by atoms with Crippen LogP contribution in [-0.4, -0.2) is 22.2 Å². The molecule has 2 N–H and O–H groups in total. The maximum Gasteiger partial charge on any atom is 0.128 e. The van der Waals surface area contributed by atoms with E-state index in [1.807, 2.05) is 24.3 Å². The van der Waals surface area contributed by atoms with Crippen LogP contribution in [0, 0.1) is 5.82 Å². The Labute approximate surface area is 130 Å². The third-order valence-electron chi connectivity index (χ3n) is 4.58. The number of nitrogens with one attached hydrogen (secondary N) is 1. The van der Waals surface area contributed by atoms with E-state index in [1.54, 1.807) is 18.5 Å². The van der Waals surface area contributed by atoms with Crippen LogP contribution in [0.3, 0.4) is 0 Å². The first-order valence-corrected chi connectivity index (χ1v) is 7.77. The highest BCUT2D eigenvalue weighted by atomic mass is 19.1. The number of hydrogen-bond donors (Lipinski definition) is 2. The summed E-state index contributed by atoms with van der Waals surface area (Å²) >= 11 is 0. The smallest absolute Gasteiger partial charge is 0.128 e. The standard InChI is InChI=1S/C18H21FN2O/c19-17-11-15(14-5-9-20-10-6-14)3-4-16(17)12-21-18(13-22)7-1-2-8-18/h3-6,9-11,21-22H,1-2,7-8,12-13H2. The lowest BCUT2D eigenvalue weighted by atomic mass is 9.98. The zero-order chi connectivity index (χ0) is 15.4. The minimum atomic E-state index is -0.226. The van der Waals surface area contributed by atoms with Crippen molar-refractivity contribution in [2.75, 3.05) is 6.61 Å². The molecule has 3 rings (SSSR count). The van der Waals surface area contributed by atoms with Crippen LogP contribution in [0.15, 0.2) is 42.7 Å². The first-order chi connectivity index (χ1) is 10.7. The van der Waals surface area contributed by atoms with E-state index in [0.717, 1.165) is 36.8 Å². The highest BCUT2D eigenvalue weighted by Gasteiger charge is 2.32. The molecule has 1 fully saturated rings. The first-order valence-electron chi connectivity index (χ1n) is 7.77. The lowest BCUT2D eigenvalue weighted by Gasteiger charge is -2.28. The fourth-order valence-electron chi connectivity index (χ4n) is 3.14. The van der Waals surface area contributed by atoms with Crippen molar-refractivity contribution in [3.8, 4) is 11.1 Å². The van der Waals surface area contributed by atoms with E-state index in [2.05, 4.69) is 10.3 Å². The van der Waals surface area contributed by atoms with Crippen molar-refractivity contribution in [1.82, 2.24) is 10.3 Å². The molecule has 1 saturated carbocycles. The molecule has 0 amide bonds. The van der Waals surface area contributed by atoms with Gasteiger partial charge < -0.3 is 10.4 Å². The van der Waals surface area contributed by atoms with Gasteiger partial charge in [0.1, 0.15) is 5.82 Å². The van der Waals surface area contributed by atoms with Crippen LogP contribution in [0.25, 0.3) is 11.1 Å². The second kappa shape index (κ2) is 6.55. The molecule has 116 valence electrons. The normalized spacial score (nSPS) is 16.8. The SMILES string of the molecule is OCC1(NCc2ccc(-c3ccncc3)cc2F)CCCC1. The van der Waals surface area contributed by atoms with E-state index < -0.39 is 0 Å². The topological polar surface area (TPSA) is 45.1 Å². The van der Waals surface area contributed by atoms with Gasteiger partial charge in [0.2, 0.25) is 0 Å². The van der Waals surface area contributed by atoms with Crippen molar-refractivity contribution in [2.45, 2.75) is 37.8 Å². The van der Waals surface area contributed by atoms with Crippen LogP contribution in [-0.2, 0) is 6.54 Å². The second-order valence-electron chi connectivity index (χ2n) is 6.04. The number of rotatable bonds is 5. The largest absolute Gasteiger partial charge is 0.394 e. The molecule has 1 aliphatic carbocycles. The number of nitrogens with zero attached hydrogens (tertiary/aromatic N) is 1. The third kappa shape index (κ3) is 3.18. The summed E-state index contributed by atoms with van der Waals surface area (Å²) in [5.74, 6) is -0.215. The molecule has 0 bridgehead atoms.